The average Bonchev–Trinajstić information content (AvgIpc) is 3.08. The summed E-state index contributed by atoms with van der Waals surface area (Å²) in [4.78, 5) is 14.9. The largest absolute Gasteiger partial charge is 0.497 e. The maximum absolute atomic E-state index is 13.1. The summed E-state index contributed by atoms with van der Waals surface area (Å²) in [5, 5.41) is 0.105. The number of benzene rings is 2. The molecule has 1 saturated heterocycles. The van der Waals surface area contributed by atoms with E-state index in [0.29, 0.717) is 35.0 Å². The predicted molar refractivity (Wildman–Crippen MR) is 124 cm³/mol. The number of sulfonamides is 1. The minimum Gasteiger partial charge on any atom is -0.497 e. The van der Waals surface area contributed by atoms with Gasteiger partial charge < -0.3 is 14.2 Å². The van der Waals surface area contributed by atoms with Crippen LogP contribution in [0.2, 0.25) is 0 Å². The van der Waals surface area contributed by atoms with Crippen molar-refractivity contribution in [2.75, 3.05) is 34.5 Å². The maximum atomic E-state index is 13.1. The molecule has 1 heterocycles. The smallest absolute Gasteiger partial charge is 0.284 e. The van der Waals surface area contributed by atoms with E-state index in [4.69, 9.17) is 14.2 Å². The Morgan fingerprint density at radius 2 is 1.81 bits per heavy atom. The lowest BCUT2D eigenvalue weighted by Crippen LogP contribution is -2.31. The zero-order chi connectivity index (χ0) is 23.1. The maximum Gasteiger partial charge on any atom is 0.284 e. The molecule has 32 heavy (non-hydrogen) atoms. The van der Waals surface area contributed by atoms with Crippen LogP contribution in [0.4, 0.5) is 0 Å². The summed E-state index contributed by atoms with van der Waals surface area (Å²) < 4.78 is 45.2. The number of nitrogens with zero attached hydrogens (tertiary/aromatic N) is 2. The highest BCUT2D eigenvalue weighted by Gasteiger charge is 2.35. The van der Waals surface area contributed by atoms with Gasteiger partial charge in [-0.1, -0.05) is 18.2 Å². The zero-order valence-electron chi connectivity index (χ0n) is 18.0. The van der Waals surface area contributed by atoms with E-state index in [1.54, 1.807) is 56.7 Å². The van der Waals surface area contributed by atoms with Gasteiger partial charge in [0.15, 0.2) is 5.17 Å². The number of hydrogen-bond donors (Lipinski definition) is 0. The van der Waals surface area contributed by atoms with Crippen molar-refractivity contribution in [2.24, 2.45) is 4.40 Å². The number of hydrogen-bond acceptors (Lipinski definition) is 7. The van der Waals surface area contributed by atoms with Gasteiger partial charge in [-0.3, -0.25) is 9.69 Å². The molecule has 8 nitrogen and oxygen atoms in total. The predicted octanol–water partition coefficient (Wildman–Crippen LogP) is 3.40. The first-order valence-corrected chi connectivity index (χ1v) is 12.0. The monoisotopic (exact) mass is 476 g/mol. The van der Waals surface area contributed by atoms with Crippen LogP contribution in [0.1, 0.15) is 12.0 Å². The second-order valence-corrected chi connectivity index (χ2v) is 9.30. The summed E-state index contributed by atoms with van der Waals surface area (Å²) in [5.41, 5.74) is 0.660. The molecule has 10 heteroatoms. The van der Waals surface area contributed by atoms with Gasteiger partial charge in [-0.05, 0) is 48.5 Å². The standard InChI is InChI=1S/C22H24N2O6S2/c1-28-13-7-12-24-21(25)20(14-16-10-11-17(29-2)15-19(16)30-3)31-22(24)23-32(26,27)18-8-5-4-6-9-18/h4-6,8-11,14-15H,7,12-13H2,1-3H3. The fourth-order valence-electron chi connectivity index (χ4n) is 2.97. The first-order chi connectivity index (χ1) is 15.4. The minimum absolute atomic E-state index is 0.0617. The Morgan fingerprint density at radius 3 is 2.47 bits per heavy atom. The van der Waals surface area contributed by atoms with Crippen LogP contribution in [-0.4, -0.2) is 58.9 Å². The molecule has 0 saturated carbocycles. The van der Waals surface area contributed by atoms with E-state index >= 15 is 0 Å². The van der Waals surface area contributed by atoms with Crippen LogP contribution in [0.3, 0.4) is 0 Å². The number of thioether (sulfide) groups is 1. The van der Waals surface area contributed by atoms with Gasteiger partial charge in [-0.25, -0.2) is 0 Å². The molecule has 1 fully saturated rings. The van der Waals surface area contributed by atoms with E-state index < -0.39 is 10.0 Å². The van der Waals surface area contributed by atoms with Gasteiger partial charge in [-0.2, -0.15) is 8.42 Å². The van der Waals surface area contributed by atoms with Crippen molar-refractivity contribution in [1.82, 2.24) is 4.90 Å². The molecule has 2 aromatic carbocycles. The second kappa shape index (κ2) is 10.7. The van der Waals surface area contributed by atoms with Crippen LogP contribution in [0.15, 0.2) is 62.7 Å². The van der Waals surface area contributed by atoms with Gasteiger partial charge in [0.05, 0.1) is 24.0 Å². The number of amides is 1. The minimum atomic E-state index is -3.98. The Hall–Kier alpha value is -2.82. The molecule has 170 valence electrons. The van der Waals surface area contributed by atoms with Gasteiger partial charge in [0, 0.05) is 31.9 Å². The molecule has 1 aliphatic rings. The topological polar surface area (TPSA) is 94.5 Å². The molecule has 0 spiro atoms. The molecule has 0 unspecified atom stereocenters. The quantitative estimate of drug-likeness (QED) is 0.404. The van der Waals surface area contributed by atoms with E-state index in [1.807, 2.05) is 0 Å². The van der Waals surface area contributed by atoms with Crippen molar-refractivity contribution in [3.63, 3.8) is 0 Å². The highest BCUT2D eigenvalue weighted by Crippen LogP contribution is 2.36. The Labute approximate surface area is 191 Å². The number of ether oxygens (including phenoxy) is 3. The lowest BCUT2D eigenvalue weighted by Gasteiger charge is -2.15. The lowest BCUT2D eigenvalue weighted by molar-refractivity contribution is -0.122. The Bertz CT molecular complexity index is 1130. The van der Waals surface area contributed by atoms with Crippen LogP contribution in [-0.2, 0) is 19.6 Å². The molecule has 0 N–H and O–H groups in total. The van der Waals surface area contributed by atoms with E-state index in [0.717, 1.165) is 11.8 Å². The van der Waals surface area contributed by atoms with E-state index in [1.165, 1.54) is 24.1 Å². The summed E-state index contributed by atoms with van der Waals surface area (Å²) in [6.07, 6.45) is 2.19. The first-order valence-electron chi connectivity index (χ1n) is 9.72. The molecule has 0 bridgehead atoms. The highest BCUT2D eigenvalue weighted by atomic mass is 32.2. The van der Waals surface area contributed by atoms with Gasteiger partial charge >= 0.3 is 0 Å². The molecular weight excluding hydrogens is 452 g/mol. The number of carbonyl (C=O) groups is 1. The normalized spacial score (nSPS) is 16.7. The fourth-order valence-corrected chi connectivity index (χ4v) is 5.19. The van der Waals surface area contributed by atoms with E-state index in [9.17, 15) is 13.2 Å². The zero-order valence-corrected chi connectivity index (χ0v) is 19.6. The van der Waals surface area contributed by atoms with Crippen molar-refractivity contribution < 1.29 is 27.4 Å². The first kappa shape index (κ1) is 23.8. The summed E-state index contributed by atoms with van der Waals surface area (Å²) in [5.74, 6) is 0.816. The number of methoxy groups -OCH3 is 3. The summed E-state index contributed by atoms with van der Waals surface area (Å²) in [7, 11) is 0.668. The third kappa shape index (κ3) is 5.50. The average molecular weight is 477 g/mol. The van der Waals surface area contributed by atoms with E-state index in [-0.39, 0.29) is 22.5 Å². The van der Waals surface area contributed by atoms with Crippen molar-refractivity contribution in [2.45, 2.75) is 11.3 Å². The van der Waals surface area contributed by atoms with Gasteiger partial charge in [-0.15, -0.1) is 4.40 Å². The van der Waals surface area contributed by atoms with Crippen LogP contribution in [0.5, 0.6) is 11.5 Å². The Kier molecular flexibility index (Phi) is 7.94. The van der Waals surface area contributed by atoms with E-state index in [2.05, 4.69) is 4.40 Å². The summed E-state index contributed by atoms with van der Waals surface area (Å²) in [6.45, 7) is 0.707. The molecule has 0 atom stereocenters. The van der Waals surface area contributed by atoms with Crippen LogP contribution >= 0.6 is 11.8 Å². The molecule has 3 rings (SSSR count). The third-order valence-electron chi connectivity index (χ3n) is 4.58. The van der Waals surface area contributed by atoms with Crippen molar-refractivity contribution in [3.05, 3.63) is 59.0 Å². The van der Waals surface area contributed by atoms with Crippen molar-refractivity contribution >= 4 is 38.9 Å². The highest BCUT2D eigenvalue weighted by molar-refractivity contribution is 8.19. The summed E-state index contributed by atoms with van der Waals surface area (Å²) >= 11 is 1.01. The fraction of sp³-hybridized carbons (Fsp3) is 0.273. The number of amidine groups is 1. The molecule has 1 aliphatic heterocycles. The molecular formula is C22H24N2O6S2. The molecule has 0 aromatic heterocycles. The molecule has 2 aromatic rings. The van der Waals surface area contributed by atoms with Crippen molar-refractivity contribution in [1.29, 1.82) is 0 Å². The Morgan fingerprint density at radius 1 is 1.06 bits per heavy atom. The molecule has 0 radical (unpaired) electrons. The molecule has 1 amide bonds. The SMILES string of the molecule is COCCCN1C(=O)C(=Cc2ccc(OC)cc2OC)SC1=NS(=O)(=O)c1ccccc1. The van der Waals surface area contributed by atoms with Crippen LogP contribution in [0, 0.1) is 0 Å². The second-order valence-electron chi connectivity index (χ2n) is 6.68. The van der Waals surface area contributed by atoms with Gasteiger partial charge in [0.25, 0.3) is 15.9 Å². The lowest BCUT2D eigenvalue weighted by atomic mass is 10.1. The van der Waals surface area contributed by atoms with Gasteiger partial charge in [0.2, 0.25) is 0 Å². The van der Waals surface area contributed by atoms with Crippen LogP contribution in [0.25, 0.3) is 6.08 Å². The number of carbonyl (C=O) groups excluding carboxylic acids is 1. The third-order valence-corrected chi connectivity index (χ3v) is 6.99. The number of rotatable bonds is 9. The van der Waals surface area contributed by atoms with Gasteiger partial charge in [0.1, 0.15) is 11.5 Å². The van der Waals surface area contributed by atoms with Crippen molar-refractivity contribution in [3.8, 4) is 11.5 Å². The Balaban J connectivity index is 1.99. The summed E-state index contributed by atoms with van der Waals surface area (Å²) in [6, 6.07) is 13.1. The van der Waals surface area contributed by atoms with Crippen LogP contribution < -0.4 is 9.47 Å². The molecule has 0 aliphatic carbocycles.